The van der Waals surface area contributed by atoms with Gasteiger partial charge in [0.25, 0.3) is 5.91 Å². The zero-order valence-corrected chi connectivity index (χ0v) is 17.1. The van der Waals surface area contributed by atoms with Gasteiger partial charge in [0, 0.05) is 17.1 Å². The molecular formula is C20H19N3O3S2. The summed E-state index contributed by atoms with van der Waals surface area (Å²) in [6.45, 7) is 3.63. The zero-order chi connectivity index (χ0) is 19.7. The molecule has 0 spiro atoms. The van der Waals surface area contributed by atoms with Gasteiger partial charge in [0.1, 0.15) is 16.2 Å². The lowest BCUT2D eigenvalue weighted by Gasteiger charge is -2.25. The van der Waals surface area contributed by atoms with E-state index in [1.165, 1.54) is 29.4 Å². The van der Waals surface area contributed by atoms with Crippen LogP contribution in [0, 0.1) is 0 Å². The lowest BCUT2D eigenvalue weighted by atomic mass is 10.1. The van der Waals surface area contributed by atoms with Crippen molar-refractivity contribution in [3.8, 4) is 0 Å². The lowest BCUT2D eigenvalue weighted by Crippen LogP contribution is -2.43. The largest absolute Gasteiger partial charge is 0.452 e. The predicted octanol–water partition coefficient (Wildman–Crippen LogP) is 3.69. The van der Waals surface area contributed by atoms with Gasteiger partial charge in [-0.15, -0.1) is 11.3 Å². The summed E-state index contributed by atoms with van der Waals surface area (Å²) >= 11 is 2.82. The van der Waals surface area contributed by atoms with Gasteiger partial charge < -0.3 is 9.64 Å². The molecule has 2 atom stereocenters. The van der Waals surface area contributed by atoms with Gasteiger partial charge in [-0.3, -0.25) is 9.59 Å². The molecule has 0 fully saturated rings. The maximum absolute atomic E-state index is 12.9. The molecule has 0 unspecified atom stereocenters. The van der Waals surface area contributed by atoms with Crippen LogP contribution in [0.3, 0.4) is 0 Å². The Balaban J connectivity index is 1.38. The molecule has 0 N–H and O–H groups in total. The van der Waals surface area contributed by atoms with E-state index in [-0.39, 0.29) is 17.7 Å². The first-order valence-corrected chi connectivity index (χ1v) is 10.8. The van der Waals surface area contributed by atoms with Crippen LogP contribution in [0.1, 0.15) is 19.4 Å². The van der Waals surface area contributed by atoms with Gasteiger partial charge in [-0.05, 0) is 43.3 Å². The van der Waals surface area contributed by atoms with E-state index in [4.69, 9.17) is 4.74 Å². The van der Waals surface area contributed by atoms with Crippen LogP contribution in [0.15, 0.2) is 47.1 Å². The van der Waals surface area contributed by atoms with Gasteiger partial charge in [0.2, 0.25) is 0 Å². The Bertz CT molecular complexity index is 1040. The number of rotatable bonds is 5. The van der Waals surface area contributed by atoms with E-state index in [2.05, 4.69) is 9.97 Å². The SMILES string of the molecule is C[C@H](OC(=O)CSc1ncnc2sccc12)C(=O)N1c2ccccc2C[C@H]1C. The summed E-state index contributed by atoms with van der Waals surface area (Å²) < 4.78 is 5.41. The van der Waals surface area contributed by atoms with E-state index in [1.807, 2.05) is 42.6 Å². The van der Waals surface area contributed by atoms with Gasteiger partial charge in [-0.1, -0.05) is 30.0 Å². The summed E-state index contributed by atoms with van der Waals surface area (Å²) in [7, 11) is 0. The van der Waals surface area contributed by atoms with Gasteiger partial charge in [0.05, 0.1) is 5.75 Å². The average Bonchev–Trinajstić information content (AvgIpc) is 3.29. The number of carbonyl (C=O) groups excluding carboxylic acids is 2. The smallest absolute Gasteiger partial charge is 0.317 e. The van der Waals surface area contributed by atoms with Gasteiger partial charge in [-0.2, -0.15) is 0 Å². The number of carbonyl (C=O) groups is 2. The molecule has 0 aliphatic carbocycles. The van der Waals surface area contributed by atoms with Crippen molar-refractivity contribution >= 4 is 50.9 Å². The summed E-state index contributed by atoms with van der Waals surface area (Å²) in [6, 6.07) is 9.83. The van der Waals surface area contributed by atoms with Crippen molar-refractivity contribution in [2.24, 2.45) is 0 Å². The number of thioether (sulfide) groups is 1. The summed E-state index contributed by atoms with van der Waals surface area (Å²) in [5, 5.41) is 3.61. The van der Waals surface area contributed by atoms with Crippen LogP contribution in [0.25, 0.3) is 10.2 Å². The molecule has 0 saturated heterocycles. The molecule has 3 heterocycles. The summed E-state index contributed by atoms with van der Waals surface area (Å²) in [4.78, 5) is 36.2. The molecule has 144 valence electrons. The van der Waals surface area contributed by atoms with Crippen LogP contribution in [-0.4, -0.2) is 39.7 Å². The first-order valence-electron chi connectivity index (χ1n) is 8.96. The number of benzene rings is 1. The van der Waals surface area contributed by atoms with Crippen molar-refractivity contribution in [3.63, 3.8) is 0 Å². The van der Waals surface area contributed by atoms with E-state index >= 15 is 0 Å². The third-order valence-electron chi connectivity index (χ3n) is 4.65. The molecule has 28 heavy (non-hydrogen) atoms. The molecule has 6 nitrogen and oxygen atoms in total. The van der Waals surface area contributed by atoms with E-state index < -0.39 is 12.1 Å². The van der Waals surface area contributed by atoms with E-state index in [0.717, 1.165) is 32.9 Å². The van der Waals surface area contributed by atoms with Crippen molar-refractivity contribution < 1.29 is 14.3 Å². The number of hydrogen-bond donors (Lipinski definition) is 0. The average molecular weight is 414 g/mol. The molecule has 4 rings (SSSR count). The standard InChI is InChI=1S/C20H19N3O3S2/c1-12-9-14-5-3-4-6-16(14)23(12)20(25)13(2)26-17(24)10-28-19-15-7-8-27-18(15)21-11-22-19/h3-8,11-13H,9-10H2,1-2H3/t12-,13+/m1/s1. The van der Waals surface area contributed by atoms with Gasteiger partial charge in [-0.25, -0.2) is 9.97 Å². The van der Waals surface area contributed by atoms with Gasteiger partial charge >= 0.3 is 5.97 Å². The monoisotopic (exact) mass is 413 g/mol. The molecule has 1 amide bonds. The molecule has 0 radical (unpaired) electrons. The second-order valence-electron chi connectivity index (χ2n) is 6.63. The van der Waals surface area contributed by atoms with Crippen molar-refractivity contribution in [1.29, 1.82) is 0 Å². The van der Waals surface area contributed by atoms with Crippen LogP contribution in [0.5, 0.6) is 0 Å². The number of hydrogen-bond acceptors (Lipinski definition) is 7. The first-order chi connectivity index (χ1) is 13.5. The number of fused-ring (bicyclic) bond motifs is 2. The van der Waals surface area contributed by atoms with Crippen LogP contribution >= 0.6 is 23.1 Å². The number of para-hydroxylation sites is 1. The van der Waals surface area contributed by atoms with E-state index in [9.17, 15) is 9.59 Å². The fourth-order valence-electron chi connectivity index (χ4n) is 3.39. The van der Waals surface area contributed by atoms with Crippen LogP contribution in [-0.2, 0) is 20.7 Å². The minimum absolute atomic E-state index is 0.0494. The number of amides is 1. The number of aromatic nitrogens is 2. The van der Waals surface area contributed by atoms with E-state index in [1.54, 1.807) is 11.8 Å². The molecule has 2 aromatic heterocycles. The molecule has 1 aromatic carbocycles. The molecule has 8 heteroatoms. The Morgan fingerprint density at radius 1 is 1.32 bits per heavy atom. The minimum atomic E-state index is -0.840. The first kappa shape index (κ1) is 18.9. The molecule has 0 saturated carbocycles. The fourth-order valence-corrected chi connectivity index (χ4v) is 4.95. The highest BCUT2D eigenvalue weighted by Crippen LogP contribution is 2.32. The second kappa shape index (κ2) is 7.89. The van der Waals surface area contributed by atoms with Crippen molar-refractivity contribution in [1.82, 2.24) is 9.97 Å². The third-order valence-corrected chi connectivity index (χ3v) is 6.45. The fraction of sp³-hybridized carbons (Fsp3) is 0.300. The highest BCUT2D eigenvalue weighted by molar-refractivity contribution is 8.00. The van der Waals surface area contributed by atoms with Crippen LogP contribution < -0.4 is 4.90 Å². The zero-order valence-electron chi connectivity index (χ0n) is 15.5. The normalized spacial score (nSPS) is 16.8. The highest BCUT2D eigenvalue weighted by Gasteiger charge is 2.34. The Hall–Kier alpha value is -2.45. The predicted molar refractivity (Wildman–Crippen MR) is 111 cm³/mol. The summed E-state index contributed by atoms with van der Waals surface area (Å²) in [5.74, 6) is -0.544. The van der Waals surface area contributed by atoms with Gasteiger partial charge in [0.15, 0.2) is 6.10 Å². The summed E-state index contributed by atoms with van der Waals surface area (Å²) in [5.41, 5.74) is 2.04. The van der Waals surface area contributed by atoms with Crippen LogP contribution in [0.2, 0.25) is 0 Å². The number of anilines is 1. The Morgan fingerprint density at radius 2 is 2.14 bits per heavy atom. The maximum Gasteiger partial charge on any atom is 0.317 e. The maximum atomic E-state index is 12.9. The Morgan fingerprint density at radius 3 is 3.00 bits per heavy atom. The number of nitrogens with zero attached hydrogens (tertiary/aromatic N) is 3. The Kier molecular flexibility index (Phi) is 5.32. The molecule has 1 aliphatic rings. The molecular weight excluding hydrogens is 394 g/mol. The van der Waals surface area contributed by atoms with E-state index in [0.29, 0.717) is 0 Å². The topological polar surface area (TPSA) is 72.4 Å². The van der Waals surface area contributed by atoms with Crippen molar-refractivity contribution in [3.05, 3.63) is 47.6 Å². The number of esters is 1. The minimum Gasteiger partial charge on any atom is -0.452 e. The van der Waals surface area contributed by atoms with Crippen LogP contribution in [0.4, 0.5) is 5.69 Å². The molecule has 1 aliphatic heterocycles. The highest BCUT2D eigenvalue weighted by atomic mass is 32.2. The lowest BCUT2D eigenvalue weighted by molar-refractivity contribution is -0.151. The Labute approximate surface area is 170 Å². The summed E-state index contributed by atoms with van der Waals surface area (Å²) in [6.07, 6.45) is 1.46. The third kappa shape index (κ3) is 3.62. The molecule has 0 bridgehead atoms. The number of thiophene rings is 1. The second-order valence-corrected chi connectivity index (χ2v) is 8.49. The molecule has 3 aromatic rings. The van der Waals surface area contributed by atoms with Crippen molar-refractivity contribution in [2.75, 3.05) is 10.7 Å². The quantitative estimate of drug-likeness (QED) is 0.361. The van der Waals surface area contributed by atoms with Crippen molar-refractivity contribution in [2.45, 2.75) is 37.4 Å². The number of ether oxygens (including phenoxy) is 1.